The summed E-state index contributed by atoms with van der Waals surface area (Å²) in [4.78, 5) is 14.7. The first-order valence-electron chi connectivity index (χ1n) is 8.22. The predicted octanol–water partition coefficient (Wildman–Crippen LogP) is 4.33. The first-order chi connectivity index (χ1) is 12.2. The first-order valence-corrected chi connectivity index (χ1v) is 8.60. The number of rotatable bonds is 5. The molecule has 0 aliphatic carbocycles. The summed E-state index contributed by atoms with van der Waals surface area (Å²) >= 11 is 6.31. The van der Waals surface area contributed by atoms with Crippen molar-refractivity contribution < 1.29 is 14.3 Å². The maximum absolute atomic E-state index is 13.0. The quantitative estimate of drug-likeness (QED) is 0.747. The topological polar surface area (TPSA) is 38.8 Å². The lowest BCUT2D eigenvalue weighted by atomic mass is 10.1. The van der Waals surface area contributed by atoms with E-state index in [1.165, 1.54) is 0 Å². The van der Waals surface area contributed by atoms with Crippen LogP contribution in [-0.4, -0.2) is 30.6 Å². The molecule has 0 radical (unpaired) electrons. The average Bonchev–Trinajstić information content (AvgIpc) is 2.87. The number of halogens is 1. The highest BCUT2D eigenvalue weighted by molar-refractivity contribution is 6.32. The summed E-state index contributed by atoms with van der Waals surface area (Å²) in [7, 11) is 0. The lowest BCUT2D eigenvalue weighted by Gasteiger charge is -2.22. The predicted molar refractivity (Wildman–Crippen MR) is 98.4 cm³/mol. The number of nitrogens with zero attached hydrogens (tertiary/aromatic N) is 1. The fourth-order valence-electron chi connectivity index (χ4n) is 2.72. The first kappa shape index (κ1) is 17.4. The second-order valence-corrected chi connectivity index (χ2v) is 6.20. The van der Waals surface area contributed by atoms with Gasteiger partial charge in [-0.15, -0.1) is 6.58 Å². The van der Waals surface area contributed by atoms with E-state index in [4.69, 9.17) is 21.1 Å². The van der Waals surface area contributed by atoms with E-state index in [1.54, 1.807) is 23.1 Å². The van der Waals surface area contributed by atoms with E-state index in [0.29, 0.717) is 48.4 Å². The van der Waals surface area contributed by atoms with Gasteiger partial charge in [-0.2, -0.15) is 0 Å². The minimum absolute atomic E-state index is 0.124. The van der Waals surface area contributed by atoms with Crippen LogP contribution in [0.15, 0.2) is 55.1 Å². The third-order valence-electron chi connectivity index (χ3n) is 3.90. The molecule has 3 rings (SSSR count). The van der Waals surface area contributed by atoms with Crippen LogP contribution in [0, 0.1) is 0 Å². The van der Waals surface area contributed by atoms with Crippen LogP contribution < -0.4 is 9.47 Å². The number of hydrogen-bond donors (Lipinski definition) is 0. The summed E-state index contributed by atoms with van der Waals surface area (Å²) in [6.45, 7) is 5.79. The molecule has 0 saturated carbocycles. The lowest BCUT2D eigenvalue weighted by Crippen LogP contribution is -2.30. The van der Waals surface area contributed by atoms with Crippen molar-refractivity contribution in [3.05, 3.63) is 71.3 Å². The number of hydrogen-bond acceptors (Lipinski definition) is 3. The third-order valence-corrected chi connectivity index (χ3v) is 4.18. The second kappa shape index (κ2) is 8.08. The summed E-state index contributed by atoms with van der Waals surface area (Å²) in [6, 6.07) is 13.2. The van der Waals surface area contributed by atoms with E-state index in [2.05, 4.69) is 6.58 Å². The van der Waals surface area contributed by atoms with E-state index in [1.807, 2.05) is 30.3 Å². The van der Waals surface area contributed by atoms with Gasteiger partial charge in [0.2, 0.25) is 0 Å². The Kier molecular flexibility index (Phi) is 5.61. The lowest BCUT2D eigenvalue weighted by molar-refractivity contribution is 0.0762. The van der Waals surface area contributed by atoms with Gasteiger partial charge in [0.15, 0.2) is 11.5 Å². The molecule has 0 fully saturated rings. The van der Waals surface area contributed by atoms with Crippen molar-refractivity contribution in [1.29, 1.82) is 0 Å². The van der Waals surface area contributed by atoms with Gasteiger partial charge in [0.05, 0.1) is 18.2 Å². The van der Waals surface area contributed by atoms with Gasteiger partial charge in [-0.25, -0.2) is 0 Å². The molecule has 1 heterocycles. The Morgan fingerprint density at radius 3 is 2.72 bits per heavy atom. The molecule has 0 saturated heterocycles. The zero-order valence-corrected chi connectivity index (χ0v) is 14.7. The number of carbonyl (C=O) groups is 1. The molecular weight excluding hydrogens is 338 g/mol. The van der Waals surface area contributed by atoms with Crippen molar-refractivity contribution in [1.82, 2.24) is 4.90 Å². The molecule has 1 aliphatic rings. The zero-order chi connectivity index (χ0) is 17.6. The normalized spacial score (nSPS) is 13.0. The molecule has 0 aromatic heterocycles. The minimum atomic E-state index is -0.124. The Morgan fingerprint density at radius 1 is 1.20 bits per heavy atom. The maximum atomic E-state index is 13.0. The number of carbonyl (C=O) groups excluding carboxylic acids is 1. The van der Waals surface area contributed by atoms with Crippen LogP contribution in [0.2, 0.25) is 5.02 Å². The molecule has 1 amide bonds. The van der Waals surface area contributed by atoms with E-state index in [9.17, 15) is 4.79 Å². The minimum Gasteiger partial charge on any atom is -0.489 e. The molecule has 5 heteroatoms. The second-order valence-electron chi connectivity index (χ2n) is 5.80. The van der Waals surface area contributed by atoms with Gasteiger partial charge in [0.1, 0.15) is 0 Å². The maximum Gasteiger partial charge on any atom is 0.254 e. The van der Waals surface area contributed by atoms with Gasteiger partial charge in [0.25, 0.3) is 5.91 Å². The molecule has 0 spiro atoms. The molecule has 25 heavy (non-hydrogen) atoms. The summed E-state index contributed by atoms with van der Waals surface area (Å²) in [5.41, 5.74) is 1.53. The largest absolute Gasteiger partial charge is 0.489 e. The summed E-state index contributed by atoms with van der Waals surface area (Å²) in [5, 5.41) is 0.390. The van der Waals surface area contributed by atoms with Crippen LogP contribution >= 0.6 is 11.6 Å². The number of ether oxygens (including phenoxy) is 2. The van der Waals surface area contributed by atoms with Crippen molar-refractivity contribution in [2.75, 3.05) is 19.8 Å². The van der Waals surface area contributed by atoms with Crippen LogP contribution in [0.5, 0.6) is 11.5 Å². The highest BCUT2D eigenvalue weighted by atomic mass is 35.5. The fourth-order valence-corrected chi connectivity index (χ4v) is 2.98. The van der Waals surface area contributed by atoms with Crippen molar-refractivity contribution in [3.63, 3.8) is 0 Å². The average molecular weight is 358 g/mol. The number of benzene rings is 2. The van der Waals surface area contributed by atoms with Gasteiger partial charge < -0.3 is 14.4 Å². The monoisotopic (exact) mass is 357 g/mol. The van der Waals surface area contributed by atoms with E-state index in [0.717, 1.165) is 12.0 Å². The van der Waals surface area contributed by atoms with Gasteiger partial charge in [0, 0.05) is 25.1 Å². The number of amides is 1. The summed E-state index contributed by atoms with van der Waals surface area (Å²) in [6.07, 6.45) is 2.50. The Morgan fingerprint density at radius 2 is 1.96 bits per heavy atom. The van der Waals surface area contributed by atoms with E-state index >= 15 is 0 Å². The summed E-state index contributed by atoms with van der Waals surface area (Å²) in [5.74, 6) is 0.905. The van der Waals surface area contributed by atoms with E-state index < -0.39 is 0 Å². The van der Waals surface area contributed by atoms with Crippen molar-refractivity contribution in [2.24, 2.45) is 0 Å². The van der Waals surface area contributed by atoms with Crippen molar-refractivity contribution >= 4 is 17.5 Å². The van der Waals surface area contributed by atoms with Crippen LogP contribution in [0.4, 0.5) is 0 Å². The molecule has 0 bridgehead atoms. The Labute approximate surface area is 152 Å². The van der Waals surface area contributed by atoms with Crippen LogP contribution in [0.1, 0.15) is 22.3 Å². The van der Waals surface area contributed by atoms with Gasteiger partial charge in [-0.1, -0.05) is 48.0 Å². The smallest absolute Gasteiger partial charge is 0.254 e. The Bertz CT molecular complexity index is 761. The standard InChI is InChI=1S/C20H20ClNO3/c1-2-9-22(14-15-7-4-3-5-8-15)20(23)16-12-17(21)19-18(13-16)24-10-6-11-25-19/h2-5,7-8,12-13H,1,6,9-11,14H2. The molecule has 130 valence electrons. The van der Waals surface area contributed by atoms with Gasteiger partial charge >= 0.3 is 0 Å². The van der Waals surface area contributed by atoms with Gasteiger partial charge in [-0.05, 0) is 17.7 Å². The molecule has 1 aliphatic heterocycles. The molecule has 2 aromatic rings. The molecule has 2 aromatic carbocycles. The highest BCUT2D eigenvalue weighted by Gasteiger charge is 2.21. The third kappa shape index (κ3) is 4.15. The SMILES string of the molecule is C=CCN(Cc1ccccc1)C(=O)c1cc(Cl)c2c(c1)OCCCO2. The molecule has 0 atom stereocenters. The van der Waals surface area contributed by atoms with Crippen molar-refractivity contribution in [3.8, 4) is 11.5 Å². The van der Waals surface area contributed by atoms with E-state index in [-0.39, 0.29) is 5.91 Å². The van der Waals surface area contributed by atoms with Gasteiger partial charge in [-0.3, -0.25) is 4.79 Å². The Hall–Kier alpha value is -2.46. The van der Waals surface area contributed by atoms with Crippen molar-refractivity contribution in [2.45, 2.75) is 13.0 Å². The molecule has 0 unspecified atom stereocenters. The summed E-state index contributed by atoms with van der Waals surface area (Å²) < 4.78 is 11.3. The Balaban J connectivity index is 1.88. The number of fused-ring (bicyclic) bond motifs is 1. The van der Waals surface area contributed by atoms with Crippen LogP contribution in [-0.2, 0) is 6.54 Å². The fraction of sp³-hybridized carbons (Fsp3) is 0.250. The molecule has 4 nitrogen and oxygen atoms in total. The zero-order valence-electron chi connectivity index (χ0n) is 13.9. The molecule has 0 N–H and O–H groups in total. The highest BCUT2D eigenvalue weighted by Crippen LogP contribution is 2.38. The van der Waals surface area contributed by atoms with Crippen LogP contribution in [0.3, 0.4) is 0 Å². The molecular formula is C20H20ClNO3. The van der Waals surface area contributed by atoms with Crippen LogP contribution in [0.25, 0.3) is 0 Å².